The molecular weight excluding hydrogens is 247 g/mol. The molecule has 0 amide bonds. The van der Waals surface area contributed by atoms with Crippen LogP contribution in [0.15, 0.2) is 36.5 Å². The van der Waals surface area contributed by atoms with Crippen molar-refractivity contribution in [2.45, 2.75) is 6.54 Å². The Morgan fingerprint density at radius 3 is 2.53 bits per heavy atom. The lowest BCUT2D eigenvalue weighted by Crippen LogP contribution is -2.04. The summed E-state index contributed by atoms with van der Waals surface area (Å²) in [4.78, 5) is 4.16. The predicted molar refractivity (Wildman–Crippen MR) is 71.1 cm³/mol. The van der Waals surface area contributed by atoms with E-state index in [2.05, 4.69) is 10.3 Å². The maximum Gasteiger partial charge on any atom is 0.163 e. The zero-order chi connectivity index (χ0) is 13.7. The lowest BCUT2D eigenvalue weighted by molar-refractivity contribution is 0.352. The van der Waals surface area contributed by atoms with Crippen LogP contribution in [0.3, 0.4) is 0 Å². The second-order valence-electron chi connectivity index (χ2n) is 3.86. The fourth-order valence-electron chi connectivity index (χ4n) is 1.68. The molecule has 1 aromatic carbocycles. The van der Waals surface area contributed by atoms with Gasteiger partial charge in [-0.3, -0.25) is 4.98 Å². The van der Waals surface area contributed by atoms with Crippen molar-refractivity contribution in [2.24, 2.45) is 0 Å². The van der Waals surface area contributed by atoms with Gasteiger partial charge in [0.1, 0.15) is 5.82 Å². The van der Waals surface area contributed by atoms with Crippen LogP contribution in [-0.2, 0) is 6.54 Å². The van der Waals surface area contributed by atoms with Crippen LogP contribution < -0.4 is 14.8 Å². The fraction of sp³-hybridized carbons (Fsp3) is 0.214. The molecule has 5 heteroatoms. The summed E-state index contributed by atoms with van der Waals surface area (Å²) in [6.45, 7) is 0.438. The van der Waals surface area contributed by atoms with E-state index in [0.717, 1.165) is 5.69 Å². The summed E-state index contributed by atoms with van der Waals surface area (Å²) in [6.07, 6.45) is 1.70. The summed E-state index contributed by atoms with van der Waals surface area (Å²) in [6, 6.07) is 8.44. The minimum Gasteiger partial charge on any atom is -0.493 e. The van der Waals surface area contributed by atoms with Gasteiger partial charge in [-0.25, -0.2) is 4.39 Å². The molecule has 100 valence electrons. The topological polar surface area (TPSA) is 43.4 Å². The van der Waals surface area contributed by atoms with Crippen LogP contribution in [0.4, 0.5) is 10.1 Å². The van der Waals surface area contributed by atoms with Gasteiger partial charge in [-0.05, 0) is 12.1 Å². The molecule has 0 fully saturated rings. The Morgan fingerprint density at radius 1 is 1.16 bits per heavy atom. The fourth-order valence-corrected chi connectivity index (χ4v) is 1.68. The largest absolute Gasteiger partial charge is 0.493 e. The van der Waals surface area contributed by atoms with Crippen molar-refractivity contribution in [3.63, 3.8) is 0 Å². The predicted octanol–water partition coefficient (Wildman–Crippen LogP) is 2.85. The summed E-state index contributed by atoms with van der Waals surface area (Å²) in [5.74, 6) is 0.449. The molecule has 0 saturated carbocycles. The third-order valence-corrected chi connectivity index (χ3v) is 2.66. The summed E-state index contributed by atoms with van der Waals surface area (Å²) < 4.78 is 24.0. The molecular formula is C14H15FN2O2. The highest BCUT2D eigenvalue weighted by atomic mass is 19.1. The highest BCUT2D eigenvalue weighted by Gasteiger charge is 2.10. The molecule has 0 radical (unpaired) electrons. The van der Waals surface area contributed by atoms with Gasteiger partial charge < -0.3 is 14.8 Å². The maximum absolute atomic E-state index is 13.8. The van der Waals surface area contributed by atoms with E-state index in [4.69, 9.17) is 9.47 Å². The van der Waals surface area contributed by atoms with E-state index in [0.29, 0.717) is 23.7 Å². The van der Waals surface area contributed by atoms with Gasteiger partial charge in [-0.1, -0.05) is 6.07 Å². The van der Waals surface area contributed by atoms with Crippen molar-refractivity contribution in [3.8, 4) is 11.5 Å². The molecule has 1 aromatic heterocycles. The Labute approximate surface area is 111 Å². The minimum absolute atomic E-state index is 0.350. The number of methoxy groups -OCH3 is 2. The van der Waals surface area contributed by atoms with Crippen LogP contribution >= 0.6 is 0 Å². The molecule has 4 nitrogen and oxygen atoms in total. The van der Waals surface area contributed by atoms with E-state index < -0.39 is 5.82 Å². The number of hydrogen-bond acceptors (Lipinski definition) is 4. The summed E-state index contributed by atoms with van der Waals surface area (Å²) in [5.41, 5.74) is 1.18. The molecule has 0 aliphatic heterocycles. The molecule has 0 saturated heterocycles. The van der Waals surface area contributed by atoms with Crippen LogP contribution in [0.1, 0.15) is 5.69 Å². The second-order valence-corrected chi connectivity index (χ2v) is 3.86. The first-order valence-electron chi connectivity index (χ1n) is 5.80. The highest BCUT2D eigenvalue weighted by molar-refractivity contribution is 5.56. The first-order chi connectivity index (χ1) is 9.24. The Hall–Kier alpha value is -2.30. The molecule has 0 aliphatic rings. The van der Waals surface area contributed by atoms with Gasteiger partial charge in [0.15, 0.2) is 11.5 Å². The number of nitrogens with one attached hydrogen (secondary N) is 1. The van der Waals surface area contributed by atoms with E-state index in [1.807, 2.05) is 18.2 Å². The molecule has 0 atom stereocenters. The Morgan fingerprint density at radius 2 is 1.89 bits per heavy atom. The van der Waals surface area contributed by atoms with E-state index >= 15 is 0 Å². The maximum atomic E-state index is 13.8. The molecule has 1 heterocycles. The molecule has 2 aromatic rings. The molecule has 2 rings (SSSR count). The lowest BCUT2D eigenvalue weighted by Gasteiger charge is -2.12. The van der Waals surface area contributed by atoms with Gasteiger partial charge in [-0.2, -0.15) is 0 Å². The zero-order valence-electron chi connectivity index (χ0n) is 10.8. The Kier molecular flexibility index (Phi) is 4.18. The van der Waals surface area contributed by atoms with Crippen molar-refractivity contribution in [3.05, 3.63) is 48.0 Å². The van der Waals surface area contributed by atoms with Crippen molar-refractivity contribution >= 4 is 5.69 Å². The van der Waals surface area contributed by atoms with Crippen LogP contribution in [-0.4, -0.2) is 19.2 Å². The average molecular weight is 262 g/mol. The number of rotatable bonds is 5. The molecule has 0 spiro atoms. The first-order valence-corrected chi connectivity index (χ1v) is 5.80. The summed E-state index contributed by atoms with van der Waals surface area (Å²) >= 11 is 0. The third kappa shape index (κ3) is 3.13. The number of halogens is 1. The van der Waals surface area contributed by atoms with Crippen LogP contribution in [0.5, 0.6) is 11.5 Å². The number of anilines is 1. The van der Waals surface area contributed by atoms with Gasteiger partial charge in [0.05, 0.1) is 32.1 Å². The van der Waals surface area contributed by atoms with Crippen molar-refractivity contribution < 1.29 is 13.9 Å². The van der Waals surface area contributed by atoms with E-state index in [9.17, 15) is 4.39 Å². The SMILES string of the molecule is COc1cc(F)c(NCc2ccccn2)cc1OC. The monoisotopic (exact) mass is 262 g/mol. The number of aromatic nitrogens is 1. The quantitative estimate of drug-likeness (QED) is 0.899. The highest BCUT2D eigenvalue weighted by Crippen LogP contribution is 2.32. The smallest absolute Gasteiger partial charge is 0.163 e. The Balaban J connectivity index is 2.16. The Bertz CT molecular complexity index is 547. The van der Waals surface area contributed by atoms with Crippen LogP contribution in [0.25, 0.3) is 0 Å². The molecule has 0 unspecified atom stereocenters. The number of nitrogens with zero attached hydrogens (tertiary/aromatic N) is 1. The number of hydrogen-bond donors (Lipinski definition) is 1. The van der Waals surface area contributed by atoms with Gasteiger partial charge in [0.25, 0.3) is 0 Å². The standard InChI is InChI=1S/C14H15FN2O2/c1-18-13-7-11(15)12(8-14(13)19-2)17-9-10-5-3-4-6-16-10/h3-8,17H,9H2,1-2H3. The normalized spacial score (nSPS) is 10.1. The van der Waals surface area contributed by atoms with Gasteiger partial charge >= 0.3 is 0 Å². The molecule has 1 N–H and O–H groups in total. The summed E-state index contributed by atoms with van der Waals surface area (Å²) in [7, 11) is 2.98. The van der Waals surface area contributed by atoms with E-state index in [1.54, 1.807) is 12.3 Å². The lowest BCUT2D eigenvalue weighted by atomic mass is 10.2. The van der Waals surface area contributed by atoms with Crippen molar-refractivity contribution in [1.82, 2.24) is 4.98 Å². The van der Waals surface area contributed by atoms with Crippen molar-refractivity contribution in [2.75, 3.05) is 19.5 Å². The van der Waals surface area contributed by atoms with Crippen molar-refractivity contribution in [1.29, 1.82) is 0 Å². The average Bonchev–Trinajstić information content (AvgIpc) is 2.46. The number of ether oxygens (including phenoxy) is 2. The first kappa shape index (κ1) is 13.1. The van der Waals surface area contributed by atoms with Crippen LogP contribution in [0.2, 0.25) is 0 Å². The van der Waals surface area contributed by atoms with Gasteiger partial charge in [-0.15, -0.1) is 0 Å². The third-order valence-electron chi connectivity index (χ3n) is 2.66. The second kappa shape index (κ2) is 6.04. The number of pyridine rings is 1. The molecule has 0 bridgehead atoms. The molecule has 19 heavy (non-hydrogen) atoms. The zero-order valence-corrected chi connectivity index (χ0v) is 10.8. The van der Waals surface area contributed by atoms with E-state index in [1.165, 1.54) is 20.3 Å². The number of benzene rings is 1. The van der Waals surface area contributed by atoms with Gasteiger partial charge in [0, 0.05) is 18.3 Å². The van der Waals surface area contributed by atoms with E-state index in [-0.39, 0.29) is 0 Å². The summed E-state index contributed by atoms with van der Waals surface area (Å²) in [5, 5.41) is 2.98. The van der Waals surface area contributed by atoms with Gasteiger partial charge in [0.2, 0.25) is 0 Å². The molecule has 0 aliphatic carbocycles. The minimum atomic E-state index is -0.395. The van der Waals surface area contributed by atoms with Crippen LogP contribution in [0, 0.1) is 5.82 Å².